The first kappa shape index (κ1) is 21.2. The minimum atomic E-state index is -0.640. The van der Waals surface area contributed by atoms with Crippen molar-refractivity contribution >= 4 is 23.8 Å². The number of ether oxygens (including phenoxy) is 1. The summed E-state index contributed by atoms with van der Waals surface area (Å²) in [6, 6.07) is -0.432. The van der Waals surface area contributed by atoms with E-state index >= 15 is 0 Å². The molecule has 152 valence electrons. The van der Waals surface area contributed by atoms with Crippen LogP contribution in [0.1, 0.15) is 59.3 Å². The lowest BCUT2D eigenvalue weighted by Crippen LogP contribution is -2.46. The molecule has 1 heterocycles. The van der Waals surface area contributed by atoms with Crippen molar-refractivity contribution in [2.45, 2.75) is 65.3 Å². The van der Waals surface area contributed by atoms with E-state index in [1.54, 1.807) is 4.90 Å². The van der Waals surface area contributed by atoms with Gasteiger partial charge >= 0.3 is 12.0 Å². The van der Waals surface area contributed by atoms with Crippen LogP contribution in [0.5, 0.6) is 0 Å². The van der Waals surface area contributed by atoms with Crippen LogP contribution >= 0.6 is 0 Å². The fourth-order valence-electron chi connectivity index (χ4n) is 3.50. The smallest absolute Gasteiger partial charge is 0.321 e. The molecule has 2 fully saturated rings. The van der Waals surface area contributed by atoms with E-state index in [2.05, 4.69) is 10.6 Å². The van der Waals surface area contributed by atoms with Crippen LogP contribution in [0.3, 0.4) is 0 Å². The van der Waals surface area contributed by atoms with Gasteiger partial charge in [-0.1, -0.05) is 33.6 Å². The highest BCUT2D eigenvalue weighted by Gasteiger charge is 2.33. The minimum absolute atomic E-state index is 0.0713. The molecule has 1 aliphatic carbocycles. The van der Waals surface area contributed by atoms with Crippen molar-refractivity contribution in [1.82, 2.24) is 15.5 Å². The first-order chi connectivity index (χ1) is 12.7. The third-order valence-corrected chi connectivity index (χ3v) is 5.05. The van der Waals surface area contributed by atoms with Gasteiger partial charge in [0.25, 0.3) is 5.91 Å². The van der Waals surface area contributed by atoms with Gasteiger partial charge in [0.1, 0.15) is 0 Å². The molecule has 8 nitrogen and oxygen atoms in total. The molecule has 0 atom stereocenters. The van der Waals surface area contributed by atoms with Gasteiger partial charge in [-0.05, 0) is 25.7 Å². The lowest BCUT2D eigenvalue weighted by Gasteiger charge is -2.34. The van der Waals surface area contributed by atoms with E-state index in [9.17, 15) is 19.2 Å². The molecule has 0 spiro atoms. The third kappa shape index (κ3) is 6.52. The van der Waals surface area contributed by atoms with E-state index in [1.165, 1.54) is 0 Å². The zero-order valence-electron chi connectivity index (χ0n) is 16.5. The lowest BCUT2D eigenvalue weighted by atomic mass is 9.91. The maximum Gasteiger partial charge on any atom is 0.321 e. The molecule has 1 saturated heterocycles. The van der Waals surface area contributed by atoms with Gasteiger partial charge in [-0.2, -0.15) is 0 Å². The maximum absolute atomic E-state index is 12.3. The number of amides is 4. The Labute approximate surface area is 160 Å². The van der Waals surface area contributed by atoms with E-state index in [0.29, 0.717) is 25.9 Å². The van der Waals surface area contributed by atoms with Crippen LogP contribution in [-0.4, -0.2) is 54.5 Å². The molecular weight excluding hydrogens is 350 g/mol. The minimum Gasteiger partial charge on any atom is -0.455 e. The average Bonchev–Trinajstić information content (AvgIpc) is 3.11. The molecular formula is C19H31N3O5. The van der Waals surface area contributed by atoms with Crippen LogP contribution < -0.4 is 10.6 Å². The van der Waals surface area contributed by atoms with Crippen LogP contribution in [0.2, 0.25) is 0 Å². The zero-order chi connectivity index (χ0) is 20.0. The third-order valence-electron chi connectivity index (χ3n) is 5.05. The number of hydrogen-bond acceptors (Lipinski definition) is 5. The normalized spacial score (nSPS) is 18.9. The molecule has 2 rings (SSSR count). The average molecular weight is 381 g/mol. The van der Waals surface area contributed by atoms with Gasteiger partial charge in [-0.25, -0.2) is 4.79 Å². The second kappa shape index (κ2) is 9.19. The molecule has 0 radical (unpaired) electrons. The van der Waals surface area contributed by atoms with Gasteiger partial charge in [0.2, 0.25) is 5.91 Å². The molecule has 1 aliphatic heterocycles. The Kier molecular flexibility index (Phi) is 7.21. The predicted octanol–water partition coefficient (Wildman–Crippen LogP) is 1.58. The van der Waals surface area contributed by atoms with Gasteiger partial charge in [0, 0.05) is 24.5 Å². The number of esters is 1. The predicted molar refractivity (Wildman–Crippen MR) is 98.6 cm³/mol. The Morgan fingerprint density at radius 2 is 1.59 bits per heavy atom. The number of carbonyl (C=O) groups is 4. The number of hydrogen-bond donors (Lipinski definition) is 2. The highest BCUT2D eigenvalue weighted by Crippen LogP contribution is 2.24. The second-order valence-corrected chi connectivity index (χ2v) is 8.43. The standard InChI is InChI=1S/C19H31N3O5/c1-19(2,3)17(25)22-10-8-13(9-11-22)16(24)27-12-15(23)21-18(26)20-14-6-4-5-7-14/h13-14H,4-12H2,1-3H3,(H2,20,21,23,26). The summed E-state index contributed by atoms with van der Waals surface area (Å²) >= 11 is 0. The summed E-state index contributed by atoms with van der Waals surface area (Å²) in [7, 11) is 0. The number of imide groups is 1. The summed E-state index contributed by atoms with van der Waals surface area (Å²) in [5.41, 5.74) is -0.440. The first-order valence-corrected chi connectivity index (χ1v) is 9.73. The van der Waals surface area contributed by atoms with Crippen molar-refractivity contribution in [2.75, 3.05) is 19.7 Å². The number of rotatable bonds is 4. The van der Waals surface area contributed by atoms with Gasteiger partial charge in [-0.3, -0.25) is 19.7 Å². The van der Waals surface area contributed by atoms with E-state index in [1.807, 2.05) is 20.8 Å². The van der Waals surface area contributed by atoms with Crippen molar-refractivity contribution in [3.8, 4) is 0 Å². The topological polar surface area (TPSA) is 105 Å². The fourth-order valence-corrected chi connectivity index (χ4v) is 3.50. The fraction of sp³-hybridized carbons (Fsp3) is 0.789. The van der Waals surface area contributed by atoms with Crippen molar-refractivity contribution in [3.63, 3.8) is 0 Å². The highest BCUT2D eigenvalue weighted by molar-refractivity contribution is 5.95. The Morgan fingerprint density at radius 3 is 2.15 bits per heavy atom. The van der Waals surface area contributed by atoms with Crippen molar-refractivity contribution in [2.24, 2.45) is 11.3 Å². The quantitative estimate of drug-likeness (QED) is 0.720. The van der Waals surface area contributed by atoms with Crippen molar-refractivity contribution < 1.29 is 23.9 Å². The maximum atomic E-state index is 12.3. The van der Waals surface area contributed by atoms with Gasteiger partial charge in [0.05, 0.1) is 5.92 Å². The summed E-state index contributed by atoms with van der Waals surface area (Å²) in [5.74, 6) is -1.35. The molecule has 0 bridgehead atoms. The number of likely N-dealkylation sites (tertiary alicyclic amines) is 1. The summed E-state index contributed by atoms with van der Waals surface area (Å²) in [6.45, 7) is 6.15. The van der Waals surface area contributed by atoms with Crippen LogP contribution in [0.4, 0.5) is 4.79 Å². The van der Waals surface area contributed by atoms with Crippen LogP contribution in [0.25, 0.3) is 0 Å². The second-order valence-electron chi connectivity index (χ2n) is 8.43. The van der Waals surface area contributed by atoms with E-state index in [0.717, 1.165) is 25.7 Å². The largest absolute Gasteiger partial charge is 0.455 e. The molecule has 0 aromatic rings. The number of nitrogens with zero attached hydrogens (tertiary/aromatic N) is 1. The van der Waals surface area contributed by atoms with Gasteiger partial charge in [-0.15, -0.1) is 0 Å². The summed E-state index contributed by atoms with van der Waals surface area (Å²) in [4.78, 5) is 49.6. The van der Waals surface area contributed by atoms with Crippen molar-refractivity contribution in [3.05, 3.63) is 0 Å². The Morgan fingerprint density at radius 1 is 1.00 bits per heavy atom. The highest BCUT2D eigenvalue weighted by atomic mass is 16.5. The summed E-state index contributed by atoms with van der Waals surface area (Å²) < 4.78 is 5.04. The molecule has 2 aliphatic rings. The molecule has 4 amide bonds. The summed E-state index contributed by atoms with van der Waals surface area (Å²) in [6.07, 6.45) is 5.04. The molecule has 0 aromatic heterocycles. The van der Waals surface area contributed by atoms with E-state index < -0.39 is 29.9 Å². The SMILES string of the molecule is CC(C)(C)C(=O)N1CCC(C(=O)OCC(=O)NC(=O)NC2CCCC2)CC1. The van der Waals surface area contributed by atoms with E-state index in [-0.39, 0.29) is 17.9 Å². The van der Waals surface area contributed by atoms with Gasteiger partial charge in [0.15, 0.2) is 6.61 Å². The number of nitrogens with one attached hydrogen (secondary N) is 2. The molecule has 8 heteroatoms. The number of carbonyl (C=O) groups excluding carboxylic acids is 4. The lowest BCUT2D eigenvalue weighted by molar-refractivity contribution is -0.155. The summed E-state index contributed by atoms with van der Waals surface area (Å²) in [5, 5.41) is 4.92. The van der Waals surface area contributed by atoms with Crippen LogP contribution in [-0.2, 0) is 19.1 Å². The van der Waals surface area contributed by atoms with Crippen LogP contribution in [0, 0.1) is 11.3 Å². The van der Waals surface area contributed by atoms with Crippen LogP contribution in [0.15, 0.2) is 0 Å². The number of piperidine rings is 1. The van der Waals surface area contributed by atoms with Crippen molar-refractivity contribution in [1.29, 1.82) is 0 Å². The molecule has 1 saturated carbocycles. The molecule has 0 aromatic carbocycles. The monoisotopic (exact) mass is 381 g/mol. The molecule has 0 unspecified atom stereocenters. The van der Waals surface area contributed by atoms with Gasteiger partial charge < -0.3 is 15.0 Å². The molecule has 27 heavy (non-hydrogen) atoms. The van der Waals surface area contributed by atoms with E-state index in [4.69, 9.17) is 4.74 Å². The molecule has 2 N–H and O–H groups in total. The zero-order valence-corrected chi connectivity index (χ0v) is 16.5. The Bertz CT molecular complexity index is 570. The first-order valence-electron chi connectivity index (χ1n) is 9.73. The Hall–Kier alpha value is -2.12. The Balaban J connectivity index is 1.66. The number of urea groups is 1.